The van der Waals surface area contributed by atoms with Gasteiger partial charge in [-0.1, -0.05) is 11.6 Å². The minimum Gasteiger partial charge on any atom is -0.237 e. The van der Waals surface area contributed by atoms with Gasteiger partial charge in [-0.25, -0.2) is 9.97 Å². The summed E-state index contributed by atoms with van der Waals surface area (Å²) in [6.45, 7) is 1.93. The van der Waals surface area contributed by atoms with Gasteiger partial charge in [0.1, 0.15) is 5.82 Å². The molecule has 0 unspecified atom stereocenters. The summed E-state index contributed by atoms with van der Waals surface area (Å²) < 4.78 is 0.758. The summed E-state index contributed by atoms with van der Waals surface area (Å²) in [7, 11) is 0. The molecule has 2 heterocycles. The molecule has 0 saturated carbocycles. The Morgan fingerprint density at radius 2 is 2.13 bits per heavy atom. The number of halogens is 2. The predicted octanol–water partition coefficient (Wildman–Crippen LogP) is 3.91. The smallest absolute Gasteiger partial charge is 0.144 e. The fourth-order valence-corrected chi connectivity index (χ4v) is 2.39. The van der Waals surface area contributed by atoms with Gasteiger partial charge in [-0.05, 0) is 25.1 Å². The predicted molar refractivity (Wildman–Crippen MR) is 64.6 cm³/mol. The molecule has 0 saturated heterocycles. The minimum absolute atomic E-state index is 0.327. The minimum atomic E-state index is 0.327. The van der Waals surface area contributed by atoms with Crippen molar-refractivity contribution in [2.45, 2.75) is 12.8 Å². The first-order chi connectivity index (χ1) is 7.19. The summed E-state index contributed by atoms with van der Waals surface area (Å²) in [5, 5.41) is 0. The Morgan fingerprint density at radius 3 is 2.73 bits per heavy atom. The van der Waals surface area contributed by atoms with Gasteiger partial charge >= 0.3 is 0 Å². The van der Waals surface area contributed by atoms with Crippen LogP contribution in [0.4, 0.5) is 0 Å². The largest absolute Gasteiger partial charge is 0.237 e. The third-order valence-corrected chi connectivity index (χ3v) is 3.34. The van der Waals surface area contributed by atoms with Gasteiger partial charge < -0.3 is 0 Å². The van der Waals surface area contributed by atoms with Crippen LogP contribution in [-0.4, -0.2) is 9.97 Å². The van der Waals surface area contributed by atoms with E-state index in [1.54, 1.807) is 0 Å². The molecular formula is C10H8Cl2N2S. The van der Waals surface area contributed by atoms with Crippen LogP contribution in [0.5, 0.6) is 0 Å². The lowest BCUT2D eigenvalue weighted by Gasteiger charge is -2.01. The van der Waals surface area contributed by atoms with Crippen LogP contribution in [0.1, 0.15) is 11.5 Å². The summed E-state index contributed by atoms with van der Waals surface area (Å²) in [6.07, 6.45) is 0. The van der Waals surface area contributed by atoms with E-state index < -0.39 is 0 Å². The Hall–Kier alpha value is -0.640. The molecule has 0 bridgehead atoms. The zero-order chi connectivity index (χ0) is 10.8. The van der Waals surface area contributed by atoms with Gasteiger partial charge in [0.05, 0.1) is 20.8 Å². The molecular weight excluding hydrogens is 251 g/mol. The van der Waals surface area contributed by atoms with Crippen molar-refractivity contribution in [2.24, 2.45) is 0 Å². The Kier molecular flexibility index (Phi) is 3.24. The number of thiophene rings is 1. The van der Waals surface area contributed by atoms with Crippen LogP contribution in [0, 0.1) is 6.92 Å². The number of rotatable bonds is 2. The molecule has 2 rings (SSSR count). The van der Waals surface area contributed by atoms with Crippen molar-refractivity contribution in [3.8, 4) is 10.6 Å². The van der Waals surface area contributed by atoms with Crippen molar-refractivity contribution in [2.75, 3.05) is 0 Å². The van der Waals surface area contributed by atoms with E-state index in [9.17, 15) is 0 Å². The molecule has 78 valence electrons. The summed E-state index contributed by atoms with van der Waals surface area (Å²) in [4.78, 5) is 9.60. The molecule has 0 aromatic carbocycles. The van der Waals surface area contributed by atoms with Crippen LogP contribution < -0.4 is 0 Å². The van der Waals surface area contributed by atoms with Gasteiger partial charge in [0, 0.05) is 5.69 Å². The highest BCUT2D eigenvalue weighted by Crippen LogP contribution is 2.30. The zero-order valence-corrected chi connectivity index (χ0v) is 10.3. The van der Waals surface area contributed by atoms with Crippen molar-refractivity contribution < 1.29 is 0 Å². The molecule has 0 amide bonds. The SMILES string of the molecule is Cc1cc(-c2ccc(Cl)s2)nc(CCl)n1. The van der Waals surface area contributed by atoms with Crippen LogP contribution in [0.3, 0.4) is 0 Å². The van der Waals surface area contributed by atoms with E-state index in [0.29, 0.717) is 11.7 Å². The third kappa shape index (κ3) is 2.48. The van der Waals surface area contributed by atoms with E-state index in [4.69, 9.17) is 23.2 Å². The number of alkyl halides is 1. The van der Waals surface area contributed by atoms with Gasteiger partial charge in [-0.15, -0.1) is 22.9 Å². The highest BCUT2D eigenvalue weighted by molar-refractivity contribution is 7.19. The topological polar surface area (TPSA) is 25.8 Å². The Balaban J connectivity index is 2.48. The van der Waals surface area contributed by atoms with E-state index in [0.717, 1.165) is 20.6 Å². The van der Waals surface area contributed by atoms with Crippen molar-refractivity contribution in [1.82, 2.24) is 9.97 Å². The third-order valence-electron chi connectivity index (χ3n) is 1.85. The standard InChI is InChI=1S/C10H8Cl2N2S/c1-6-4-7(14-10(5-11)13-6)8-2-3-9(12)15-8/h2-4H,5H2,1H3. The molecule has 5 heteroatoms. The lowest BCUT2D eigenvalue weighted by atomic mass is 10.3. The van der Waals surface area contributed by atoms with Crippen molar-refractivity contribution in [3.05, 3.63) is 34.1 Å². The van der Waals surface area contributed by atoms with Gasteiger partial charge in [0.2, 0.25) is 0 Å². The average Bonchev–Trinajstić information content (AvgIpc) is 2.64. The first-order valence-electron chi connectivity index (χ1n) is 4.35. The van der Waals surface area contributed by atoms with E-state index in [1.165, 1.54) is 11.3 Å². The van der Waals surface area contributed by atoms with Crippen molar-refractivity contribution in [3.63, 3.8) is 0 Å². The second-order valence-corrected chi connectivity index (χ2v) is 5.03. The van der Waals surface area contributed by atoms with Crippen LogP contribution >= 0.6 is 34.5 Å². The molecule has 0 aliphatic heterocycles. The summed E-state index contributed by atoms with van der Waals surface area (Å²) >= 11 is 13.1. The maximum Gasteiger partial charge on any atom is 0.144 e. The fourth-order valence-electron chi connectivity index (χ4n) is 1.27. The molecule has 0 aliphatic carbocycles. The molecule has 0 aliphatic rings. The summed E-state index contributed by atoms with van der Waals surface area (Å²) in [6, 6.07) is 5.74. The molecule has 2 aromatic rings. The maximum atomic E-state index is 5.87. The molecule has 0 N–H and O–H groups in total. The van der Waals surface area contributed by atoms with Gasteiger partial charge in [-0.3, -0.25) is 0 Å². The molecule has 2 nitrogen and oxygen atoms in total. The number of aromatic nitrogens is 2. The molecule has 0 spiro atoms. The van der Waals surface area contributed by atoms with Gasteiger partial charge in [-0.2, -0.15) is 0 Å². The zero-order valence-electron chi connectivity index (χ0n) is 8.00. The van der Waals surface area contributed by atoms with Gasteiger partial charge in [0.25, 0.3) is 0 Å². The fraction of sp³-hybridized carbons (Fsp3) is 0.200. The first-order valence-corrected chi connectivity index (χ1v) is 6.08. The van der Waals surface area contributed by atoms with Crippen molar-refractivity contribution in [1.29, 1.82) is 0 Å². The van der Waals surface area contributed by atoms with Crippen LogP contribution in [0.2, 0.25) is 4.34 Å². The second-order valence-electron chi connectivity index (χ2n) is 3.05. The molecule has 0 atom stereocenters. The Morgan fingerprint density at radius 1 is 1.33 bits per heavy atom. The van der Waals surface area contributed by atoms with E-state index in [2.05, 4.69) is 9.97 Å². The first kappa shape index (κ1) is 10.9. The monoisotopic (exact) mass is 258 g/mol. The normalized spacial score (nSPS) is 10.6. The number of hydrogen-bond acceptors (Lipinski definition) is 3. The van der Waals surface area contributed by atoms with E-state index in [1.807, 2.05) is 25.1 Å². The number of hydrogen-bond donors (Lipinski definition) is 0. The van der Waals surface area contributed by atoms with Crippen LogP contribution in [0.25, 0.3) is 10.6 Å². The molecule has 15 heavy (non-hydrogen) atoms. The molecule has 0 fully saturated rings. The average molecular weight is 259 g/mol. The van der Waals surface area contributed by atoms with E-state index in [-0.39, 0.29) is 0 Å². The van der Waals surface area contributed by atoms with Crippen LogP contribution in [-0.2, 0) is 5.88 Å². The second kappa shape index (κ2) is 4.47. The number of nitrogens with zero attached hydrogens (tertiary/aromatic N) is 2. The maximum absolute atomic E-state index is 5.87. The Bertz CT molecular complexity index is 482. The highest BCUT2D eigenvalue weighted by Gasteiger charge is 2.06. The Labute approximate surface area is 102 Å². The lowest BCUT2D eigenvalue weighted by Crippen LogP contribution is -1.95. The van der Waals surface area contributed by atoms with Crippen molar-refractivity contribution >= 4 is 34.5 Å². The molecule has 2 aromatic heterocycles. The highest BCUT2D eigenvalue weighted by atomic mass is 35.5. The quantitative estimate of drug-likeness (QED) is 0.764. The van der Waals surface area contributed by atoms with E-state index >= 15 is 0 Å². The molecule has 0 radical (unpaired) electrons. The number of aryl methyl sites for hydroxylation is 1. The summed E-state index contributed by atoms with van der Waals surface area (Å²) in [5.74, 6) is 0.976. The van der Waals surface area contributed by atoms with Crippen LogP contribution in [0.15, 0.2) is 18.2 Å². The summed E-state index contributed by atoms with van der Waals surface area (Å²) in [5.41, 5.74) is 1.80. The lowest BCUT2D eigenvalue weighted by molar-refractivity contribution is 0.999. The van der Waals surface area contributed by atoms with Gasteiger partial charge in [0.15, 0.2) is 0 Å².